The molecule has 1 aliphatic rings. The van der Waals surface area contributed by atoms with Gasteiger partial charge in [-0.15, -0.1) is 0 Å². The Balaban J connectivity index is 1.51. The molecule has 29 heavy (non-hydrogen) atoms. The Morgan fingerprint density at radius 2 is 1.86 bits per heavy atom. The molecule has 0 aliphatic carbocycles. The maximum Gasteiger partial charge on any atom is 0.173 e. The molecular formula is C22H23FN6. The Labute approximate surface area is 168 Å². The van der Waals surface area contributed by atoms with Crippen LogP contribution in [0, 0.1) is 12.7 Å². The second-order valence-electron chi connectivity index (χ2n) is 8.00. The summed E-state index contributed by atoms with van der Waals surface area (Å²) in [5.74, 6) is -0.359. The van der Waals surface area contributed by atoms with Gasteiger partial charge in [-0.1, -0.05) is 0 Å². The molecule has 4 aromatic rings. The number of anilines is 1. The molecule has 0 bridgehead atoms. The Kier molecular flexibility index (Phi) is 4.20. The zero-order chi connectivity index (χ0) is 20.1. The van der Waals surface area contributed by atoms with Crippen molar-refractivity contribution in [3.05, 3.63) is 54.4 Å². The average Bonchev–Trinajstić information content (AvgIpc) is 3.07. The van der Waals surface area contributed by atoms with E-state index in [0.717, 1.165) is 29.9 Å². The van der Waals surface area contributed by atoms with Crippen molar-refractivity contribution >= 4 is 22.4 Å². The van der Waals surface area contributed by atoms with Crippen LogP contribution < -0.4 is 10.2 Å². The number of imidazole rings is 1. The van der Waals surface area contributed by atoms with Gasteiger partial charge in [0.05, 0.1) is 23.3 Å². The number of hydrogen-bond donors (Lipinski definition) is 1. The highest BCUT2D eigenvalue weighted by atomic mass is 19.1. The predicted molar refractivity (Wildman–Crippen MR) is 113 cm³/mol. The molecule has 1 fully saturated rings. The second-order valence-corrected chi connectivity index (χ2v) is 8.00. The third kappa shape index (κ3) is 3.31. The zero-order valence-corrected chi connectivity index (χ0v) is 16.7. The van der Waals surface area contributed by atoms with Crippen LogP contribution in [0.1, 0.15) is 19.5 Å². The van der Waals surface area contributed by atoms with Crippen LogP contribution in [0.2, 0.25) is 0 Å². The molecular weight excluding hydrogens is 367 g/mol. The van der Waals surface area contributed by atoms with Gasteiger partial charge in [0.25, 0.3) is 0 Å². The van der Waals surface area contributed by atoms with Crippen molar-refractivity contribution in [1.29, 1.82) is 0 Å². The van der Waals surface area contributed by atoms with E-state index in [1.165, 1.54) is 6.07 Å². The minimum absolute atomic E-state index is 0.328. The van der Waals surface area contributed by atoms with Crippen LogP contribution in [0.4, 0.5) is 10.1 Å². The van der Waals surface area contributed by atoms with Gasteiger partial charge in [-0.3, -0.25) is 0 Å². The molecule has 5 rings (SSSR count). The summed E-state index contributed by atoms with van der Waals surface area (Å²) in [6, 6.07) is 8.41. The molecule has 4 aromatic heterocycles. The number of fused-ring (bicyclic) bond motifs is 2. The number of nitrogens with one attached hydrogen (secondary N) is 1. The van der Waals surface area contributed by atoms with E-state index in [1.54, 1.807) is 4.40 Å². The minimum Gasteiger partial charge on any atom is -0.367 e. The number of hydrogen-bond acceptors (Lipinski definition) is 5. The van der Waals surface area contributed by atoms with Gasteiger partial charge in [0.1, 0.15) is 0 Å². The van der Waals surface area contributed by atoms with E-state index in [0.29, 0.717) is 34.6 Å². The maximum atomic E-state index is 14.4. The Hall–Kier alpha value is -3.06. The van der Waals surface area contributed by atoms with Crippen LogP contribution in [0.3, 0.4) is 0 Å². The standard InChI is InChI=1S/C22H23FN6/c1-13-9-28(10-14(2)25-13)18-6-16-4-5-20(27-21(16)24-8-18)17-7-19(23)22-26-15(3)11-29(22)12-17/h4-8,11-14,25H,9-10H2,1-3H3/t13-,14+. The Morgan fingerprint density at radius 1 is 1.07 bits per heavy atom. The number of piperazine rings is 1. The van der Waals surface area contributed by atoms with E-state index in [-0.39, 0.29) is 5.82 Å². The quantitative estimate of drug-likeness (QED) is 0.567. The van der Waals surface area contributed by atoms with Crippen molar-refractivity contribution in [1.82, 2.24) is 24.7 Å². The highest BCUT2D eigenvalue weighted by molar-refractivity contribution is 5.81. The van der Waals surface area contributed by atoms with Crippen LogP contribution in [-0.4, -0.2) is 44.5 Å². The first kappa shape index (κ1) is 18.0. The fourth-order valence-electron chi connectivity index (χ4n) is 4.19. The first-order chi connectivity index (χ1) is 14.0. The summed E-state index contributed by atoms with van der Waals surface area (Å²) in [5.41, 5.74) is 4.25. The number of halogens is 1. The fourth-order valence-corrected chi connectivity index (χ4v) is 4.19. The molecule has 6 nitrogen and oxygen atoms in total. The molecule has 2 atom stereocenters. The van der Waals surface area contributed by atoms with Crippen LogP contribution in [0.5, 0.6) is 0 Å². The summed E-state index contributed by atoms with van der Waals surface area (Å²) in [7, 11) is 0. The zero-order valence-electron chi connectivity index (χ0n) is 16.7. The topological polar surface area (TPSA) is 58.4 Å². The van der Waals surface area contributed by atoms with Crippen molar-refractivity contribution in [3.63, 3.8) is 0 Å². The van der Waals surface area contributed by atoms with E-state index < -0.39 is 0 Å². The summed E-state index contributed by atoms with van der Waals surface area (Å²) >= 11 is 0. The molecule has 0 spiro atoms. The number of aryl methyl sites for hydroxylation is 1. The monoisotopic (exact) mass is 390 g/mol. The lowest BCUT2D eigenvalue weighted by Crippen LogP contribution is -2.54. The highest BCUT2D eigenvalue weighted by Crippen LogP contribution is 2.25. The maximum absolute atomic E-state index is 14.4. The summed E-state index contributed by atoms with van der Waals surface area (Å²) in [6.45, 7) is 8.15. The summed E-state index contributed by atoms with van der Waals surface area (Å²) in [6.07, 6.45) is 5.54. The molecule has 1 aliphatic heterocycles. The van der Waals surface area contributed by atoms with Gasteiger partial charge < -0.3 is 14.6 Å². The molecule has 5 heterocycles. The number of rotatable bonds is 2. The lowest BCUT2D eigenvalue weighted by Gasteiger charge is -2.37. The molecule has 0 amide bonds. The van der Waals surface area contributed by atoms with E-state index in [9.17, 15) is 4.39 Å². The van der Waals surface area contributed by atoms with Gasteiger partial charge in [-0.05, 0) is 45.0 Å². The van der Waals surface area contributed by atoms with Crippen molar-refractivity contribution in [2.45, 2.75) is 32.9 Å². The molecule has 0 saturated carbocycles. The van der Waals surface area contributed by atoms with Gasteiger partial charge in [-0.25, -0.2) is 19.3 Å². The Bertz CT molecular complexity index is 1210. The molecule has 1 saturated heterocycles. The first-order valence-electron chi connectivity index (χ1n) is 9.89. The SMILES string of the molecule is Cc1cn2cc(-c3ccc4cc(N5C[C@@H](C)N[C@@H](C)C5)cnc4n3)cc(F)c2n1. The van der Waals surface area contributed by atoms with Crippen molar-refractivity contribution in [2.24, 2.45) is 0 Å². The van der Waals surface area contributed by atoms with Crippen molar-refractivity contribution < 1.29 is 4.39 Å². The smallest absolute Gasteiger partial charge is 0.173 e. The van der Waals surface area contributed by atoms with Gasteiger partial charge in [0, 0.05) is 48.5 Å². The molecule has 0 unspecified atom stereocenters. The fraction of sp³-hybridized carbons (Fsp3) is 0.318. The third-order valence-electron chi connectivity index (χ3n) is 5.37. The van der Waals surface area contributed by atoms with Gasteiger partial charge in [-0.2, -0.15) is 0 Å². The number of pyridine rings is 3. The van der Waals surface area contributed by atoms with Gasteiger partial charge >= 0.3 is 0 Å². The molecule has 0 radical (unpaired) electrons. The Morgan fingerprint density at radius 3 is 2.66 bits per heavy atom. The summed E-state index contributed by atoms with van der Waals surface area (Å²) in [4.78, 5) is 15.8. The van der Waals surface area contributed by atoms with Crippen LogP contribution in [-0.2, 0) is 0 Å². The van der Waals surface area contributed by atoms with E-state index in [2.05, 4.69) is 45.1 Å². The molecule has 7 heteroatoms. The number of nitrogens with zero attached hydrogens (tertiary/aromatic N) is 5. The second kappa shape index (κ2) is 6.77. The van der Waals surface area contributed by atoms with Gasteiger partial charge in [0.15, 0.2) is 17.1 Å². The largest absolute Gasteiger partial charge is 0.367 e. The predicted octanol–water partition coefficient (Wildman–Crippen LogP) is 3.58. The first-order valence-corrected chi connectivity index (χ1v) is 9.89. The van der Waals surface area contributed by atoms with Gasteiger partial charge in [0.2, 0.25) is 0 Å². The lowest BCUT2D eigenvalue weighted by atomic mass is 10.1. The van der Waals surface area contributed by atoms with Crippen LogP contribution >= 0.6 is 0 Å². The highest BCUT2D eigenvalue weighted by Gasteiger charge is 2.21. The van der Waals surface area contributed by atoms with E-state index in [1.807, 2.05) is 37.6 Å². The van der Waals surface area contributed by atoms with Crippen LogP contribution in [0.15, 0.2) is 42.9 Å². The van der Waals surface area contributed by atoms with Crippen molar-refractivity contribution in [2.75, 3.05) is 18.0 Å². The van der Waals surface area contributed by atoms with Crippen molar-refractivity contribution in [3.8, 4) is 11.3 Å². The lowest BCUT2D eigenvalue weighted by molar-refractivity contribution is 0.407. The minimum atomic E-state index is -0.359. The summed E-state index contributed by atoms with van der Waals surface area (Å²) in [5, 5.41) is 4.53. The molecule has 0 aromatic carbocycles. The number of aromatic nitrogens is 4. The summed E-state index contributed by atoms with van der Waals surface area (Å²) < 4.78 is 16.1. The van der Waals surface area contributed by atoms with E-state index >= 15 is 0 Å². The van der Waals surface area contributed by atoms with E-state index in [4.69, 9.17) is 0 Å². The van der Waals surface area contributed by atoms with Crippen LogP contribution in [0.25, 0.3) is 27.9 Å². The average molecular weight is 390 g/mol. The molecule has 1 N–H and O–H groups in total. The third-order valence-corrected chi connectivity index (χ3v) is 5.37. The normalized spacial score (nSPS) is 19.9. The molecule has 148 valence electrons.